The highest BCUT2D eigenvalue weighted by atomic mass is 16.6. The highest BCUT2D eigenvalue weighted by Gasteiger charge is 2.21. The second-order valence-corrected chi connectivity index (χ2v) is 6.41. The Labute approximate surface area is 168 Å². The van der Waals surface area contributed by atoms with Crippen LogP contribution in [0, 0.1) is 10.1 Å². The molecule has 0 spiro atoms. The summed E-state index contributed by atoms with van der Waals surface area (Å²) in [4.78, 5) is 36.4. The van der Waals surface area contributed by atoms with Crippen LogP contribution in [0.15, 0.2) is 42.5 Å². The van der Waals surface area contributed by atoms with E-state index in [1.54, 1.807) is 38.2 Å². The van der Waals surface area contributed by atoms with Crippen LogP contribution in [-0.2, 0) is 16.1 Å². The number of likely N-dealkylation sites (N-methyl/N-ethyl adjacent to an activating group) is 1. The van der Waals surface area contributed by atoms with Crippen LogP contribution in [0.5, 0.6) is 5.75 Å². The van der Waals surface area contributed by atoms with Crippen molar-refractivity contribution in [3.8, 4) is 5.75 Å². The molecule has 2 rings (SSSR count). The van der Waals surface area contributed by atoms with E-state index < -0.39 is 16.9 Å². The van der Waals surface area contributed by atoms with Crippen LogP contribution in [0.1, 0.15) is 22.8 Å². The van der Waals surface area contributed by atoms with Crippen molar-refractivity contribution in [2.75, 3.05) is 26.6 Å². The molecule has 0 aliphatic heterocycles. The van der Waals surface area contributed by atoms with Crippen molar-refractivity contribution in [2.45, 2.75) is 19.5 Å². The van der Waals surface area contributed by atoms with Crippen LogP contribution in [0.4, 0.5) is 11.4 Å². The van der Waals surface area contributed by atoms with E-state index in [1.807, 2.05) is 4.90 Å². The number of ether oxygens (including phenoxy) is 2. The molecule has 0 bridgehead atoms. The third kappa shape index (κ3) is 5.52. The Morgan fingerprint density at radius 3 is 2.38 bits per heavy atom. The lowest BCUT2D eigenvalue weighted by Crippen LogP contribution is -2.39. The maximum atomic E-state index is 12.6. The van der Waals surface area contributed by atoms with E-state index in [-0.39, 0.29) is 17.3 Å². The monoisotopic (exact) mass is 401 g/mol. The molecule has 2 aromatic carbocycles. The summed E-state index contributed by atoms with van der Waals surface area (Å²) < 4.78 is 9.84. The van der Waals surface area contributed by atoms with E-state index in [4.69, 9.17) is 4.74 Å². The number of benzene rings is 2. The number of nitrogens with zero attached hydrogens (tertiary/aromatic N) is 2. The molecular formula is C20H23N3O6. The maximum absolute atomic E-state index is 12.6. The van der Waals surface area contributed by atoms with Crippen molar-refractivity contribution >= 4 is 23.3 Å². The number of rotatable bonds is 8. The van der Waals surface area contributed by atoms with Gasteiger partial charge in [0.2, 0.25) is 5.91 Å². The Bertz CT molecular complexity index is 898. The molecule has 0 saturated carbocycles. The van der Waals surface area contributed by atoms with E-state index >= 15 is 0 Å². The lowest BCUT2D eigenvalue weighted by Gasteiger charge is -2.24. The molecule has 154 valence electrons. The zero-order valence-electron chi connectivity index (χ0n) is 16.7. The lowest BCUT2D eigenvalue weighted by molar-refractivity contribution is -0.384. The Kier molecular flexibility index (Phi) is 7.27. The van der Waals surface area contributed by atoms with Crippen LogP contribution < -0.4 is 10.1 Å². The van der Waals surface area contributed by atoms with Crippen molar-refractivity contribution in [3.05, 3.63) is 63.7 Å². The van der Waals surface area contributed by atoms with E-state index in [0.717, 1.165) is 5.56 Å². The second kappa shape index (κ2) is 9.65. The number of nitrogens with one attached hydrogen (secondary N) is 1. The molecule has 0 fully saturated rings. The molecule has 9 heteroatoms. The van der Waals surface area contributed by atoms with Crippen molar-refractivity contribution in [1.82, 2.24) is 4.90 Å². The number of methoxy groups -OCH3 is 2. The number of carbonyl (C=O) groups is 2. The standard InChI is InChI=1S/C20H23N3O6/c1-13(22(2)12-14-5-7-15(8-6-14)20(25)29-4)19(24)21-17-11-16(23(26)27)9-10-18(17)28-3/h5-11,13H,12H2,1-4H3,(H,21,24). The Hall–Kier alpha value is -3.46. The average molecular weight is 401 g/mol. The summed E-state index contributed by atoms with van der Waals surface area (Å²) in [7, 11) is 4.52. The van der Waals surface area contributed by atoms with Gasteiger partial charge < -0.3 is 14.8 Å². The third-order valence-corrected chi connectivity index (χ3v) is 4.50. The van der Waals surface area contributed by atoms with Gasteiger partial charge in [0.05, 0.1) is 36.4 Å². The molecule has 0 heterocycles. The van der Waals surface area contributed by atoms with Gasteiger partial charge in [-0.25, -0.2) is 4.79 Å². The number of amides is 1. The van der Waals surface area contributed by atoms with Gasteiger partial charge in [0.25, 0.3) is 5.69 Å². The molecule has 0 saturated heterocycles. The summed E-state index contributed by atoms with van der Waals surface area (Å²) in [5.74, 6) is -0.418. The predicted octanol–water partition coefficient (Wildman–Crippen LogP) is 2.85. The fourth-order valence-electron chi connectivity index (χ4n) is 2.63. The molecule has 9 nitrogen and oxygen atoms in total. The van der Waals surface area contributed by atoms with Crippen LogP contribution in [0.25, 0.3) is 0 Å². The predicted molar refractivity (Wildman–Crippen MR) is 107 cm³/mol. The highest BCUT2D eigenvalue weighted by molar-refractivity contribution is 5.96. The molecule has 1 amide bonds. The minimum absolute atomic E-state index is 0.146. The maximum Gasteiger partial charge on any atom is 0.337 e. The highest BCUT2D eigenvalue weighted by Crippen LogP contribution is 2.29. The summed E-state index contributed by atoms with van der Waals surface area (Å²) in [5, 5.41) is 13.7. The van der Waals surface area contributed by atoms with Crippen LogP contribution in [0.3, 0.4) is 0 Å². The molecule has 0 aliphatic rings. The average Bonchev–Trinajstić information content (AvgIpc) is 2.72. The zero-order valence-corrected chi connectivity index (χ0v) is 16.7. The molecule has 1 unspecified atom stereocenters. The van der Waals surface area contributed by atoms with Gasteiger partial charge in [-0.1, -0.05) is 12.1 Å². The van der Waals surface area contributed by atoms with Gasteiger partial charge in [-0.3, -0.25) is 19.8 Å². The van der Waals surface area contributed by atoms with Gasteiger partial charge in [-0.15, -0.1) is 0 Å². The van der Waals surface area contributed by atoms with E-state index in [9.17, 15) is 19.7 Å². The first kappa shape index (κ1) is 21.8. The number of nitro groups is 1. The van der Waals surface area contributed by atoms with Crippen molar-refractivity contribution < 1.29 is 24.0 Å². The first-order valence-corrected chi connectivity index (χ1v) is 8.77. The van der Waals surface area contributed by atoms with Gasteiger partial charge in [-0.05, 0) is 37.7 Å². The molecule has 1 atom stereocenters. The first-order valence-electron chi connectivity index (χ1n) is 8.77. The number of anilines is 1. The van der Waals surface area contributed by atoms with E-state index in [2.05, 4.69) is 10.1 Å². The largest absolute Gasteiger partial charge is 0.495 e. The second-order valence-electron chi connectivity index (χ2n) is 6.41. The van der Waals surface area contributed by atoms with Crippen LogP contribution in [-0.4, -0.2) is 49.0 Å². The molecule has 2 aromatic rings. The Morgan fingerprint density at radius 2 is 1.83 bits per heavy atom. The van der Waals surface area contributed by atoms with Crippen LogP contribution in [0.2, 0.25) is 0 Å². The van der Waals surface area contributed by atoms with Gasteiger partial charge in [0.1, 0.15) is 5.75 Å². The van der Waals surface area contributed by atoms with Gasteiger partial charge in [0.15, 0.2) is 0 Å². The smallest absolute Gasteiger partial charge is 0.337 e. The number of esters is 1. The topological polar surface area (TPSA) is 111 Å². The Balaban J connectivity index is 2.07. The van der Waals surface area contributed by atoms with Crippen molar-refractivity contribution in [1.29, 1.82) is 0 Å². The SMILES string of the molecule is COC(=O)c1ccc(CN(C)C(C)C(=O)Nc2cc([N+](=O)[O-])ccc2OC)cc1. The molecule has 0 aliphatic carbocycles. The van der Waals surface area contributed by atoms with Crippen molar-refractivity contribution in [2.24, 2.45) is 0 Å². The minimum Gasteiger partial charge on any atom is -0.495 e. The molecule has 0 aromatic heterocycles. The third-order valence-electron chi connectivity index (χ3n) is 4.50. The Morgan fingerprint density at radius 1 is 1.17 bits per heavy atom. The summed E-state index contributed by atoms with van der Waals surface area (Å²) in [6.45, 7) is 2.18. The molecular weight excluding hydrogens is 378 g/mol. The number of hydrogen-bond acceptors (Lipinski definition) is 7. The number of hydrogen-bond donors (Lipinski definition) is 1. The van der Waals surface area contributed by atoms with Crippen LogP contribution >= 0.6 is 0 Å². The van der Waals surface area contributed by atoms with Gasteiger partial charge in [-0.2, -0.15) is 0 Å². The van der Waals surface area contributed by atoms with Gasteiger partial charge in [0, 0.05) is 18.7 Å². The van der Waals surface area contributed by atoms with Gasteiger partial charge >= 0.3 is 5.97 Å². The normalized spacial score (nSPS) is 11.6. The quantitative estimate of drug-likeness (QED) is 0.411. The number of carbonyl (C=O) groups excluding carboxylic acids is 2. The summed E-state index contributed by atoms with van der Waals surface area (Å²) >= 11 is 0. The minimum atomic E-state index is -0.539. The first-order chi connectivity index (χ1) is 13.8. The van der Waals surface area contributed by atoms with E-state index in [1.165, 1.54) is 32.4 Å². The fraction of sp³-hybridized carbons (Fsp3) is 0.300. The fourth-order valence-corrected chi connectivity index (χ4v) is 2.63. The number of nitro benzene ring substituents is 1. The molecule has 29 heavy (non-hydrogen) atoms. The molecule has 1 N–H and O–H groups in total. The van der Waals surface area contributed by atoms with E-state index in [0.29, 0.717) is 17.9 Å². The summed E-state index contributed by atoms with van der Waals surface area (Å²) in [6.07, 6.45) is 0. The zero-order chi connectivity index (χ0) is 21.6. The number of non-ortho nitro benzene ring substituents is 1. The van der Waals surface area contributed by atoms with Crippen molar-refractivity contribution in [3.63, 3.8) is 0 Å². The summed E-state index contributed by atoms with van der Waals surface area (Å²) in [5.41, 5.74) is 1.44. The summed E-state index contributed by atoms with van der Waals surface area (Å²) in [6, 6.07) is 10.4. The molecule has 0 radical (unpaired) electrons. The lowest BCUT2D eigenvalue weighted by atomic mass is 10.1.